The Morgan fingerprint density at radius 1 is 1.24 bits per heavy atom. The van der Waals surface area contributed by atoms with E-state index in [1.54, 1.807) is 18.2 Å². The summed E-state index contributed by atoms with van der Waals surface area (Å²) in [5, 5.41) is 18.8. The second-order valence-electron chi connectivity index (χ2n) is 4.93. The molecule has 1 aromatic carbocycles. The van der Waals surface area contributed by atoms with Gasteiger partial charge < -0.3 is 15.1 Å². The van der Waals surface area contributed by atoms with Gasteiger partial charge in [-0.15, -0.1) is 0 Å². The van der Waals surface area contributed by atoms with Crippen molar-refractivity contribution >= 4 is 22.9 Å². The predicted molar refractivity (Wildman–Crippen MR) is 72.6 cm³/mol. The molecular weight excluding hydrogens is 274 g/mol. The van der Waals surface area contributed by atoms with Gasteiger partial charge in [-0.2, -0.15) is 0 Å². The predicted octanol–water partition coefficient (Wildman–Crippen LogP) is 0.290. The molecule has 1 aromatic heterocycles. The van der Waals surface area contributed by atoms with E-state index in [2.05, 4.69) is 9.97 Å². The minimum absolute atomic E-state index is 0.00640. The summed E-state index contributed by atoms with van der Waals surface area (Å²) in [6.45, 7) is 0.00640. The standard InChI is InChI=1S/C14H13N3O4/c18-8-6-11(14(20)21)17(7-8)13(19)9-2-1-3-10-12(9)16-5-4-15-10/h1-5,8,11,18H,6-7H2,(H,20,21)/t8-,11-/m0/s1. The Kier molecular flexibility index (Phi) is 3.26. The highest BCUT2D eigenvalue weighted by Crippen LogP contribution is 2.23. The van der Waals surface area contributed by atoms with Gasteiger partial charge in [0.05, 0.1) is 17.2 Å². The lowest BCUT2D eigenvalue weighted by atomic mass is 10.1. The number of hydrogen-bond donors (Lipinski definition) is 2. The van der Waals surface area contributed by atoms with Crippen LogP contribution in [-0.2, 0) is 4.79 Å². The zero-order valence-electron chi connectivity index (χ0n) is 11.0. The summed E-state index contributed by atoms with van der Waals surface area (Å²) in [6, 6.07) is 3.97. The number of β-amino-alcohol motifs (C(OH)–C–C–N with tert-alkyl or cyclic N) is 1. The molecule has 3 rings (SSSR count). The van der Waals surface area contributed by atoms with Crippen LogP contribution in [0.15, 0.2) is 30.6 Å². The summed E-state index contributed by atoms with van der Waals surface area (Å²) < 4.78 is 0. The molecule has 0 unspecified atom stereocenters. The van der Waals surface area contributed by atoms with Crippen molar-refractivity contribution < 1.29 is 19.8 Å². The highest BCUT2D eigenvalue weighted by atomic mass is 16.4. The Balaban J connectivity index is 2.02. The van der Waals surface area contributed by atoms with Crippen LogP contribution in [0.4, 0.5) is 0 Å². The molecule has 7 heteroatoms. The molecule has 1 aliphatic heterocycles. The lowest BCUT2D eigenvalue weighted by molar-refractivity contribution is -0.141. The number of rotatable bonds is 2. The Labute approximate surface area is 119 Å². The number of fused-ring (bicyclic) bond motifs is 1. The van der Waals surface area contributed by atoms with Crippen LogP contribution in [-0.4, -0.2) is 55.6 Å². The Hall–Kier alpha value is -2.54. The van der Waals surface area contributed by atoms with Crippen molar-refractivity contribution in [3.8, 4) is 0 Å². The minimum atomic E-state index is -1.12. The van der Waals surface area contributed by atoms with Crippen LogP contribution in [0.3, 0.4) is 0 Å². The van der Waals surface area contributed by atoms with Gasteiger partial charge in [0.25, 0.3) is 5.91 Å². The first-order valence-electron chi connectivity index (χ1n) is 6.49. The highest BCUT2D eigenvalue weighted by Gasteiger charge is 2.39. The molecule has 2 heterocycles. The third-order valence-corrected chi connectivity index (χ3v) is 3.55. The SMILES string of the molecule is O=C(O)[C@@H]1C[C@H](O)CN1C(=O)c1cccc2nccnc12. The number of likely N-dealkylation sites (tertiary alicyclic amines) is 1. The number of benzene rings is 1. The second kappa shape index (κ2) is 5.10. The monoisotopic (exact) mass is 287 g/mol. The molecule has 0 radical (unpaired) electrons. The summed E-state index contributed by atoms with van der Waals surface area (Å²) in [4.78, 5) is 33.3. The molecule has 2 atom stereocenters. The molecule has 2 N–H and O–H groups in total. The van der Waals surface area contributed by atoms with E-state index in [1.165, 1.54) is 17.3 Å². The number of para-hydroxylation sites is 1. The van der Waals surface area contributed by atoms with Gasteiger partial charge in [0.15, 0.2) is 0 Å². The van der Waals surface area contributed by atoms with Crippen LogP contribution in [0.1, 0.15) is 16.8 Å². The van der Waals surface area contributed by atoms with Crippen LogP contribution in [0, 0.1) is 0 Å². The third-order valence-electron chi connectivity index (χ3n) is 3.55. The number of aliphatic hydroxyl groups excluding tert-OH is 1. The first kappa shape index (κ1) is 13.4. The van der Waals surface area contributed by atoms with Gasteiger partial charge in [-0.3, -0.25) is 14.8 Å². The number of nitrogens with zero attached hydrogens (tertiary/aromatic N) is 3. The number of carbonyl (C=O) groups is 2. The van der Waals surface area contributed by atoms with Crippen LogP contribution < -0.4 is 0 Å². The first-order valence-corrected chi connectivity index (χ1v) is 6.49. The second-order valence-corrected chi connectivity index (χ2v) is 4.93. The number of hydrogen-bond acceptors (Lipinski definition) is 5. The maximum atomic E-state index is 12.6. The van der Waals surface area contributed by atoms with E-state index in [4.69, 9.17) is 0 Å². The molecule has 1 aliphatic rings. The molecule has 7 nitrogen and oxygen atoms in total. The summed E-state index contributed by atoms with van der Waals surface area (Å²) in [7, 11) is 0. The van der Waals surface area contributed by atoms with Gasteiger partial charge in [0, 0.05) is 25.4 Å². The summed E-state index contributed by atoms with van der Waals surface area (Å²) >= 11 is 0. The number of carboxylic acid groups (broad SMARTS) is 1. The number of aliphatic carboxylic acids is 1. The fraction of sp³-hybridized carbons (Fsp3) is 0.286. The van der Waals surface area contributed by atoms with E-state index >= 15 is 0 Å². The molecule has 2 aromatic rings. The van der Waals surface area contributed by atoms with Gasteiger partial charge in [-0.25, -0.2) is 4.79 Å². The molecule has 0 saturated carbocycles. The van der Waals surface area contributed by atoms with Gasteiger partial charge in [0.1, 0.15) is 11.6 Å². The largest absolute Gasteiger partial charge is 0.480 e. The van der Waals surface area contributed by atoms with Crippen molar-refractivity contribution in [1.82, 2.24) is 14.9 Å². The number of aromatic nitrogens is 2. The quantitative estimate of drug-likeness (QED) is 0.822. The van der Waals surface area contributed by atoms with Crippen molar-refractivity contribution in [2.24, 2.45) is 0 Å². The first-order chi connectivity index (χ1) is 10.1. The van der Waals surface area contributed by atoms with Crippen LogP contribution in [0.5, 0.6) is 0 Å². The lowest BCUT2D eigenvalue weighted by Gasteiger charge is -2.21. The number of carbonyl (C=O) groups excluding carboxylic acids is 1. The average Bonchev–Trinajstić information content (AvgIpc) is 2.88. The molecular formula is C14H13N3O4. The smallest absolute Gasteiger partial charge is 0.326 e. The number of amides is 1. The Bertz CT molecular complexity index is 713. The summed E-state index contributed by atoms with van der Waals surface area (Å²) in [6.07, 6.45) is 2.22. The fourth-order valence-corrected chi connectivity index (χ4v) is 2.59. The molecule has 1 fully saturated rings. The van der Waals surface area contributed by atoms with Crippen molar-refractivity contribution in [3.63, 3.8) is 0 Å². The molecule has 0 aliphatic carbocycles. The molecule has 1 amide bonds. The van der Waals surface area contributed by atoms with Gasteiger partial charge in [0.2, 0.25) is 0 Å². The maximum absolute atomic E-state index is 12.6. The zero-order chi connectivity index (χ0) is 15.0. The van der Waals surface area contributed by atoms with Crippen molar-refractivity contribution in [2.75, 3.05) is 6.54 Å². The number of carboxylic acids is 1. The minimum Gasteiger partial charge on any atom is -0.480 e. The highest BCUT2D eigenvalue weighted by molar-refractivity contribution is 6.05. The topological polar surface area (TPSA) is 104 Å². The Morgan fingerprint density at radius 3 is 2.76 bits per heavy atom. The van der Waals surface area contributed by atoms with E-state index in [1.807, 2.05) is 0 Å². The van der Waals surface area contributed by atoms with E-state index in [0.717, 1.165) is 0 Å². The van der Waals surface area contributed by atoms with E-state index < -0.39 is 24.0 Å². The summed E-state index contributed by atoms with van der Waals surface area (Å²) in [5.41, 5.74) is 1.28. The van der Waals surface area contributed by atoms with Crippen molar-refractivity contribution in [3.05, 3.63) is 36.2 Å². The van der Waals surface area contributed by atoms with Gasteiger partial charge >= 0.3 is 5.97 Å². The van der Waals surface area contributed by atoms with Gasteiger partial charge in [-0.1, -0.05) is 6.07 Å². The van der Waals surface area contributed by atoms with Crippen molar-refractivity contribution in [1.29, 1.82) is 0 Å². The van der Waals surface area contributed by atoms with E-state index in [9.17, 15) is 19.8 Å². The lowest BCUT2D eigenvalue weighted by Crippen LogP contribution is -2.40. The molecule has 21 heavy (non-hydrogen) atoms. The summed E-state index contributed by atoms with van der Waals surface area (Å²) in [5.74, 6) is -1.57. The van der Waals surface area contributed by atoms with Crippen molar-refractivity contribution in [2.45, 2.75) is 18.6 Å². The molecule has 1 saturated heterocycles. The van der Waals surface area contributed by atoms with E-state index in [-0.39, 0.29) is 13.0 Å². The molecule has 0 spiro atoms. The Morgan fingerprint density at radius 2 is 2.00 bits per heavy atom. The molecule has 108 valence electrons. The van der Waals surface area contributed by atoms with Crippen LogP contribution in [0.25, 0.3) is 11.0 Å². The maximum Gasteiger partial charge on any atom is 0.326 e. The average molecular weight is 287 g/mol. The van der Waals surface area contributed by atoms with Gasteiger partial charge in [-0.05, 0) is 12.1 Å². The van der Waals surface area contributed by atoms with Crippen LogP contribution >= 0.6 is 0 Å². The third kappa shape index (κ3) is 2.31. The fourth-order valence-electron chi connectivity index (χ4n) is 2.59. The normalized spacial score (nSPS) is 21.7. The molecule has 0 bridgehead atoms. The van der Waals surface area contributed by atoms with Crippen LogP contribution in [0.2, 0.25) is 0 Å². The zero-order valence-corrected chi connectivity index (χ0v) is 11.0. The van der Waals surface area contributed by atoms with E-state index in [0.29, 0.717) is 16.6 Å². The number of aliphatic hydroxyl groups is 1.